The van der Waals surface area contributed by atoms with Gasteiger partial charge in [0.05, 0.1) is 17.9 Å². The third kappa shape index (κ3) is 4.20. The molecule has 112 valence electrons. The topological polar surface area (TPSA) is 71.2 Å². The second-order valence-corrected chi connectivity index (χ2v) is 5.91. The van der Waals surface area contributed by atoms with Gasteiger partial charge in [0, 0.05) is 13.1 Å². The van der Waals surface area contributed by atoms with Crippen LogP contribution in [-0.2, 0) is 4.79 Å². The van der Waals surface area contributed by atoms with Crippen molar-refractivity contribution in [2.75, 3.05) is 23.3 Å². The SMILES string of the molecule is CCN(CC)c1ccc(NC(=O)[C@@H](N)C(C)(C)C)cn1. The van der Waals surface area contributed by atoms with Crippen molar-refractivity contribution in [3.05, 3.63) is 18.3 Å². The molecule has 0 aliphatic heterocycles. The van der Waals surface area contributed by atoms with Gasteiger partial charge in [-0.25, -0.2) is 4.98 Å². The first-order valence-electron chi connectivity index (χ1n) is 7.07. The molecule has 0 radical (unpaired) electrons. The van der Waals surface area contributed by atoms with Gasteiger partial charge in [-0.3, -0.25) is 4.79 Å². The van der Waals surface area contributed by atoms with Crippen molar-refractivity contribution in [3.8, 4) is 0 Å². The molecule has 1 aromatic heterocycles. The minimum atomic E-state index is -0.551. The highest BCUT2D eigenvalue weighted by Crippen LogP contribution is 2.19. The maximum atomic E-state index is 12.0. The van der Waals surface area contributed by atoms with Gasteiger partial charge in [0.1, 0.15) is 5.82 Å². The number of aromatic nitrogens is 1. The average molecular weight is 278 g/mol. The maximum absolute atomic E-state index is 12.0. The summed E-state index contributed by atoms with van der Waals surface area (Å²) in [5, 5.41) is 2.81. The van der Waals surface area contributed by atoms with Crippen molar-refractivity contribution >= 4 is 17.4 Å². The molecular formula is C15H26N4O. The zero-order valence-corrected chi connectivity index (χ0v) is 13.1. The van der Waals surface area contributed by atoms with Gasteiger partial charge >= 0.3 is 0 Å². The number of carbonyl (C=O) groups is 1. The van der Waals surface area contributed by atoms with Crippen LogP contribution in [0.3, 0.4) is 0 Å². The first-order chi connectivity index (χ1) is 9.29. The Kier molecular flexibility index (Phi) is 5.51. The second kappa shape index (κ2) is 6.70. The summed E-state index contributed by atoms with van der Waals surface area (Å²) >= 11 is 0. The van der Waals surface area contributed by atoms with E-state index in [4.69, 9.17) is 5.73 Å². The number of hydrogen-bond donors (Lipinski definition) is 2. The molecule has 5 nitrogen and oxygen atoms in total. The highest BCUT2D eigenvalue weighted by atomic mass is 16.2. The van der Waals surface area contributed by atoms with E-state index in [1.54, 1.807) is 6.20 Å². The molecule has 0 saturated heterocycles. The molecule has 0 saturated carbocycles. The van der Waals surface area contributed by atoms with Crippen LogP contribution in [0.25, 0.3) is 0 Å². The van der Waals surface area contributed by atoms with Gasteiger partial charge in [-0.15, -0.1) is 0 Å². The van der Waals surface area contributed by atoms with Crippen molar-refractivity contribution in [3.63, 3.8) is 0 Å². The fraction of sp³-hybridized carbons (Fsp3) is 0.600. The summed E-state index contributed by atoms with van der Waals surface area (Å²) in [6.07, 6.45) is 1.67. The lowest BCUT2D eigenvalue weighted by Gasteiger charge is -2.26. The minimum Gasteiger partial charge on any atom is -0.357 e. The van der Waals surface area contributed by atoms with Crippen LogP contribution < -0.4 is 16.0 Å². The molecule has 1 amide bonds. The van der Waals surface area contributed by atoms with E-state index >= 15 is 0 Å². The summed E-state index contributed by atoms with van der Waals surface area (Å²) in [6, 6.07) is 3.21. The number of nitrogens with one attached hydrogen (secondary N) is 1. The van der Waals surface area contributed by atoms with Crippen molar-refractivity contribution < 1.29 is 4.79 Å². The Morgan fingerprint density at radius 3 is 2.35 bits per heavy atom. The quantitative estimate of drug-likeness (QED) is 0.866. The molecule has 0 spiro atoms. The first-order valence-corrected chi connectivity index (χ1v) is 7.07. The molecule has 0 bridgehead atoms. The van der Waals surface area contributed by atoms with Crippen molar-refractivity contribution in [1.29, 1.82) is 0 Å². The monoisotopic (exact) mass is 278 g/mol. The Labute approximate surface area is 121 Å². The number of nitrogens with two attached hydrogens (primary N) is 1. The van der Waals surface area contributed by atoms with Crippen LogP contribution in [0.4, 0.5) is 11.5 Å². The lowest BCUT2D eigenvalue weighted by atomic mass is 9.87. The van der Waals surface area contributed by atoms with Crippen LogP contribution in [0.1, 0.15) is 34.6 Å². The summed E-state index contributed by atoms with van der Waals surface area (Å²) in [5.74, 6) is 0.725. The average Bonchev–Trinajstić information content (AvgIpc) is 2.40. The van der Waals surface area contributed by atoms with E-state index in [1.165, 1.54) is 0 Å². The van der Waals surface area contributed by atoms with Gasteiger partial charge in [0.15, 0.2) is 0 Å². The molecule has 0 aliphatic carbocycles. The van der Waals surface area contributed by atoms with Crippen molar-refractivity contribution in [2.24, 2.45) is 11.1 Å². The van der Waals surface area contributed by atoms with Crippen molar-refractivity contribution in [1.82, 2.24) is 4.98 Å². The fourth-order valence-electron chi connectivity index (χ4n) is 1.81. The Hall–Kier alpha value is -1.62. The van der Waals surface area contributed by atoms with E-state index in [2.05, 4.69) is 29.0 Å². The molecule has 0 aromatic carbocycles. The smallest absolute Gasteiger partial charge is 0.241 e. The summed E-state index contributed by atoms with van der Waals surface area (Å²) in [6.45, 7) is 11.8. The zero-order valence-electron chi connectivity index (χ0n) is 13.1. The molecule has 0 unspecified atom stereocenters. The predicted molar refractivity (Wildman–Crippen MR) is 83.9 cm³/mol. The fourth-order valence-corrected chi connectivity index (χ4v) is 1.81. The summed E-state index contributed by atoms with van der Waals surface area (Å²) in [7, 11) is 0. The number of amides is 1. The third-order valence-electron chi connectivity index (χ3n) is 3.32. The number of carbonyl (C=O) groups excluding carboxylic acids is 1. The molecule has 0 aliphatic rings. The largest absolute Gasteiger partial charge is 0.357 e. The summed E-state index contributed by atoms with van der Waals surface area (Å²) in [5.41, 5.74) is 6.33. The molecule has 0 fully saturated rings. The maximum Gasteiger partial charge on any atom is 0.241 e. The van der Waals surface area contributed by atoms with Gasteiger partial charge in [0.25, 0.3) is 0 Å². The Bertz CT molecular complexity index is 432. The number of pyridine rings is 1. The summed E-state index contributed by atoms with van der Waals surface area (Å²) < 4.78 is 0. The van der Waals surface area contributed by atoms with Crippen LogP contribution in [-0.4, -0.2) is 30.0 Å². The normalized spacial score (nSPS) is 12.9. The van der Waals surface area contributed by atoms with Crippen LogP contribution >= 0.6 is 0 Å². The van der Waals surface area contributed by atoms with E-state index in [0.717, 1.165) is 18.9 Å². The predicted octanol–water partition coefficient (Wildman–Crippen LogP) is 2.24. The highest BCUT2D eigenvalue weighted by molar-refractivity contribution is 5.95. The van der Waals surface area contributed by atoms with Crippen molar-refractivity contribution in [2.45, 2.75) is 40.7 Å². The third-order valence-corrected chi connectivity index (χ3v) is 3.32. The van der Waals surface area contributed by atoms with E-state index in [1.807, 2.05) is 32.9 Å². The number of nitrogens with zero attached hydrogens (tertiary/aromatic N) is 2. The first kappa shape index (κ1) is 16.4. The lowest BCUT2D eigenvalue weighted by molar-refractivity contribution is -0.119. The highest BCUT2D eigenvalue weighted by Gasteiger charge is 2.27. The van der Waals surface area contributed by atoms with Gasteiger partial charge in [-0.2, -0.15) is 0 Å². The van der Waals surface area contributed by atoms with E-state index in [9.17, 15) is 4.79 Å². The molecule has 20 heavy (non-hydrogen) atoms. The molecule has 1 rings (SSSR count). The summed E-state index contributed by atoms with van der Waals surface area (Å²) in [4.78, 5) is 18.5. The van der Waals surface area contributed by atoms with Gasteiger partial charge in [-0.05, 0) is 31.4 Å². The molecule has 5 heteroatoms. The van der Waals surface area contributed by atoms with Crippen LogP contribution in [0.15, 0.2) is 18.3 Å². The Balaban J connectivity index is 2.73. The minimum absolute atomic E-state index is 0.185. The lowest BCUT2D eigenvalue weighted by Crippen LogP contribution is -2.45. The number of anilines is 2. The van der Waals surface area contributed by atoms with Gasteiger partial charge < -0.3 is 16.0 Å². The number of rotatable bonds is 5. The molecule has 3 N–H and O–H groups in total. The Morgan fingerprint density at radius 2 is 1.95 bits per heavy atom. The van der Waals surface area contributed by atoms with E-state index < -0.39 is 6.04 Å². The Morgan fingerprint density at radius 1 is 1.35 bits per heavy atom. The van der Waals surface area contributed by atoms with Gasteiger partial charge in [0.2, 0.25) is 5.91 Å². The molecular weight excluding hydrogens is 252 g/mol. The molecule has 1 atom stereocenters. The van der Waals surface area contributed by atoms with E-state index in [-0.39, 0.29) is 11.3 Å². The molecule has 1 heterocycles. The number of hydrogen-bond acceptors (Lipinski definition) is 4. The van der Waals surface area contributed by atoms with Crippen LogP contribution in [0.5, 0.6) is 0 Å². The zero-order chi connectivity index (χ0) is 15.3. The van der Waals surface area contributed by atoms with E-state index in [0.29, 0.717) is 5.69 Å². The van der Waals surface area contributed by atoms with Crippen LogP contribution in [0.2, 0.25) is 0 Å². The van der Waals surface area contributed by atoms with Gasteiger partial charge in [-0.1, -0.05) is 20.8 Å². The standard InChI is InChI=1S/C15H26N4O/c1-6-19(7-2)12-9-8-11(10-17-12)18-14(20)13(16)15(3,4)5/h8-10,13H,6-7,16H2,1-5H3,(H,18,20)/t13-/m1/s1. The molecule has 1 aromatic rings. The second-order valence-electron chi connectivity index (χ2n) is 5.91. The van der Waals surface area contributed by atoms with Crippen LogP contribution in [0, 0.1) is 5.41 Å².